The van der Waals surface area contributed by atoms with Crippen molar-refractivity contribution in [3.05, 3.63) is 95.8 Å². The van der Waals surface area contributed by atoms with Crippen LogP contribution in [0.4, 0.5) is 0 Å². The summed E-state index contributed by atoms with van der Waals surface area (Å²) in [5.41, 5.74) is 4.93. The molecule has 0 amide bonds. The van der Waals surface area contributed by atoms with Crippen molar-refractivity contribution in [1.82, 2.24) is 35.0 Å². The molecule has 0 saturated heterocycles. The van der Waals surface area contributed by atoms with E-state index in [1.165, 1.54) is 6.33 Å². The van der Waals surface area contributed by atoms with Crippen molar-refractivity contribution in [2.45, 2.75) is 18.9 Å². The van der Waals surface area contributed by atoms with E-state index in [4.69, 9.17) is 16.6 Å². The van der Waals surface area contributed by atoms with Gasteiger partial charge in [-0.15, -0.1) is 5.10 Å². The minimum absolute atomic E-state index is 0.0193. The predicted octanol–water partition coefficient (Wildman–Crippen LogP) is 4.64. The number of tetrazole rings is 1. The summed E-state index contributed by atoms with van der Waals surface area (Å²) in [6.45, 7) is 0. The van der Waals surface area contributed by atoms with Gasteiger partial charge in [0.15, 0.2) is 0 Å². The van der Waals surface area contributed by atoms with Crippen LogP contribution in [0.15, 0.2) is 79.5 Å². The SMILES string of the molecule is O=C(O)c1ccc(-c2cnn(C(C[C@@H]3C[C@@H]3C(=O)O)c3ccc(-c4cc(Cl)ccc4-n4cnnn4)cn3)c2)cc1. The Morgan fingerprint density at radius 1 is 1.00 bits per heavy atom. The molecule has 5 aromatic rings. The van der Waals surface area contributed by atoms with Crippen LogP contribution in [-0.4, -0.2) is 57.1 Å². The molecule has 0 bridgehead atoms. The molecule has 1 saturated carbocycles. The summed E-state index contributed by atoms with van der Waals surface area (Å²) in [5.74, 6) is -2.13. The molecule has 1 fully saturated rings. The molecule has 3 aromatic heterocycles. The number of nitrogens with zero attached hydrogens (tertiary/aromatic N) is 7. The minimum Gasteiger partial charge on any atom is -0.481 e. The summed E-state index contributed by atoms with van der Waals surface area (Å²) in [5, 5.41) is 35.2. The number of rotatable bonds is 9. The number of aromatic carboxylic acids is 1. The molecule has 12 heteroatoms. The molecule has 6 rings (SSSR count). The molecule has 0 radical (unpaired) electrons. The summed E-state index contributed by atoms with van der Waals surface area (Å²) in [7, 11) is 0. The monoisotopic (exact) mass is 555 g/mol. The van der Waals surface area contributed by atoms with Gasteiger partial charge in [0.2, 0.25) is 0 Å². The number of aromatic nitrogens is 7. The number of pyridine rings is 1. The lowest BCUT2D eigenvalue weighted by molar-refractivity contribution is -0.138. The average Bonchev–Trinajstić information content (AvgIpc) is 3.30. The normalized spacial score (nSPS) is 16.9. The van der Waals surface area contributed by atoms with Crippen LogP contribution < -0.4 is 0 Å². The van der Waals surface area contributed by atoms with E-state index in [0.717, 1.165) is 33.6 Å². The molecular weight excluding hydrogens is 534 g/mol. The second-order valence-corrected chi connectivity index (χ2v) is 10.1. The summed E-state index contributed by atoms with van der Waals surface area (Å²) in [6.07, 6.45) is 8.02. The smallest absolute Gasteiger partial charge is 0.335 e. The van der Waals surface area contributed by atoms with Crippen LogP contribution in [0.5, 0.6) is 0 Å². The van der Waals surface area contributed by atoms with E-state index in [1.54, 1.807) is 52.1 Å². The molecule has 1 aliphatic rings. The van der Waals surface area contributed by atoms with Gasteiger partial charge in [-0.05, 0) is 71.1 Å². The number of benzene rings is 2. The third-order valence-electron chi connectivity index (χ3n) is 7.15. The zero-order valence-electron chi connectivity index (χ0n) is 20.9. The number of aliphatic carboxylic acids is 1. The third kappa shape index (κ3) is 5.06. The highest BCUT2D eigenvalue weighted by atomic mass is 35.5. The highest BCUT2D eigenvalue weighted by Gasteiger charge is 2.44. The first-order chi connectivity index (χ1) is 19.4. The Balaban J connectivity index is 1.33. The van der Waals surface area contributed by atoms with Crippen LogP contribution in [0.1, 0.15) is 34.9 Å². The van der Waals surface area contributed by atoms with Crippen molar-refractivity contribution in [2.75, 3.05) is 0 Å². The maximum atomic E-state index is 11.5. The topological polar surface area (TPSA) is 149 Å². The van der Waals surface area contributed by atoms with Crippen LogP contribution in [0.3, 0.4) is 0 Å². The van der Waals surface area contributed by atoms with Gasteiger partial charge in [-0.2, -0.15) is 9.78 Å². The molecule has 1 unspecified atom stereocenters. The van der Waals surface area contributed by atoms with Gasteiger partial charge >= 0.3 is 11.9 Å². The molecule has 11 nitrogen and oxygen atoms in total. The lowest BCUT2D eigenvalue weighted by Crippen LogP contribution is -2.15. The van der Waals surface area contributed by atoms with Crippen molar-refractivity contribution < 1.29 is 19.8 Å². The Kier molecular flexibility index (Phi) is 6.56. The summed E-state index contributed by atoms with van der Waals surface area (Å²) >= 11 is 6.30. The fourth-order valence-electron chi connectivity index (χ4n) is 4.90. The highest BCUT2D eigenvalue weighted by Crippen LogP contribution is 2.45. The third-order valence-corrected chi connectivity index (χ3v) is 7.38. The molecule has 3 heterocycles. The minimum atomic E-state index is -0.989. The van der Waals surface area contributed by atoms with E-state index in [0.29, 0.717) is 17.9 Å². The number of hydrogen-bond donors (Lipinski definition) is 2. The summed E-state index contributed by atoms with van der Waals surface area (Å²) < 4.78 is 3.35. The summed E-state index contributed by atoms with van der Waals surface area (Å²) in [4.78, 5) is 27.5. The Labute approximate surface area is 232 Å². The Hall–Kier alpha value is -4.90. The lowest BCUT2D eigenvalue weighted by Gasteiger charge is -2.18. The fraction of sp³-hybridized carbons (Fsp3) is 0.179. The number of halogens is 1. The first-order valence-corrected chi connectivity index (χ1v) is 12.8. The summed E-state index contributed by atoms with van der Waals surface area (Å²) in [6, 6.07) is 15.5. The molecule has 0 spiro atoms. The van der Waals surface area contributed by atoms with E-state index in [9.17, 15) is 19.8 Å². The number of carbonyl (C=O) groups is 2. The highest BCUT2D eigenvalue weighted by molar-refractivity contribution is 6.31. The van der Waals surface area contributed by atoms with Crippen LogP contribution in [0, 0.1) is 11.8 Å². The van der Waals surface area contributed by atoms with E-state index in [-0.39, 0.29) is 23.4 Å². The number of carboxylic acid groups (broad SMARTS) is 2. The van der Waals surface area contributed by atoms with Crippen LogP contribution in [0.2, 0.25) is 5.02 Å². The Morgan fingerprint density at radius 2 is 1.80 bits per heavy atom. The zero-order valence-corrected chi connectivity index (χ0v) is 21.6. The molecule has 40 heavy (non-hydrogen) atoms. The van der Waals surface area contributed by atoms with Crippen LogP contribution in [-0.2, 0) is 4.79 Å². The zero-order chi connectivity index (χ0) is 27.8. The van der Waals surface area contributed by atoms with Crippen LogP contribution in [0.25, 0.3) is 27.9 Å². The van der Waals surface area contributed by atoms with Gasteiger partial charge in [-0.1, -0.05) is 29.8 Å². The van der Waals surface area contributed by atoms with Gasteiger partial charge in [-0.3, -0.25) is 14.5 Å². The number of carboxylic acids is 2. The van der Waals surface area contributed by atoms with E-state index >= 15 is 0 Å². The standard InChI is InChI=1S/C28H22ClN7O4/c29-21-6-8-25(36-15-31-33-34-36)22(11-21)18-5-7-24(30-12-18)26(10-19-9-23(19)28(39)40)35-14-20(13-32-35)16-1-3-17(4-2-16)27(37)38/h1-8,11-15,19,23,26H,9-10H2,(H,37,38)(H,39,40)/t19-,23-,26?/m0/s1. The molecular formula is C28H22ClN7O4. The average molecular weight is 556 g/mol. The van der Waals surface area contributed by atoms with Gasteiger partial charge in [0, 0.05) is 34.1 Å². The molecule has 1 aliphatic carbocycles. The number of hydrogen-bond acceptors (Lipinski definition) is 7. The molecule has 3 atom stereocenters. The van der Waals surface area contributed by atoms with Gasteiger partial charge in [0.25, 0.3) is 0 Å². The first kappa shape index (κ1) is 25.4. The Bertz CT molecular complexity index is 1680. The molecule has 2 N–H and O–H groups in total. The van der Waals surface area contributed by atoms with Gasteiger partial charge in [0.1, 0.15) is 6.33 Å². The lowest BCUT2D eigenvalue weighted by atomic mass is 10.0. The largest absolute Gasteiger partial charge is 0.481 e. The molecule has 0 aliphatic heterocycles. The van der Waals surface area contributed by atoms with Gasteiger partial charge in [0.05, 0.1) is 35.1 Å². The maximum absolute atomic E-state index is 11.5. The molecule has 2 aromatic carbocycles. The van der Waals surface area contributed by atoms with Crippen molar-refractivity contribution in [2.24, 2.45) is 11.8 Å². The fourth-order valence-corrected chi connectivity index (χ4v) is 5.07. The maximum Gasteiger partial charge on any atom is 0.335 e. The second kappa shape index (κ2) is 10.3. The van der Waals surface area contributed by atoms with E-state index < -0.39 is 11.9 Å². The van der Waals surface area contributed by atoms with Crippen molar-refractivity contribution in [1.29, 1.82) is 0 Å². The molecule has 200 valence electrons. The van der Waals surface area contributed by atoms with Crippen LogP contribution >= 0.6 is 11.6 Å². The van der Waals surface area contributed by atoms with E-state index in [2.05, 4.69) is 20.6 Å². The van der Waals surface area contributed by atoms with E-state index in [1.807, 2.05) is 30.5 Å². The second-order valence-electron chi connectivity index (χ2n) is 9.67. The van der Waals surface area contributed by atoms with Crippen molar-refractivity contribution in [3.63, 3.8) is 0 Å². The first-order valence-electron chi connectivity index (χ1n) is 12.5. The van der Waals surface area contributed by atoms with Crippen molar-refractivity contribution in [3.8, 4) is 27.9 Å². The van der Waals surface area contributed by atoms with Gasteiger partial charge < -0.3 is 10.2 Å². The predicted molar refractivity (Wildman–Crippen MR) is 144 cm³/mol. The quantitative estimate of drug-likeness (QED) is 0.265. The Morgan fingerprint density at radius 3 is 2.45 bits per heavy atom. The van der Waals surface area contributed by atoms with Crippen molar-refractivity contribution >= 4 is 23.5 Å². The van der Waals surface area contributed by atoms with Gasteiger partial charge in [-0.25, -0.2) is 4.79 Å².